The Morgan fingerprint density at radius 2 is 1.89 bits per heavy atom. The van der Waals surface area contributed by atoms with E-state index in [2.05, 4.69) is 5.32 Å². The number of hydrogen-bond donors (Lipinski definition) is 1. The Hall–Kier alpha value is -2.57. The van der Waals surface area contributed by atoms with Crippen LogP contribution in [-0.2, 0) is 9.53 Å². The van der Waals surface area contributed by atoms with E-state index in [1.54, 1.807) is 60.4 Å². The number of para-hydroxylation sites is 1. The highest BCUT2D eigenvalue weighted by Gasteiger charge is 2.20. The maximum Gasteiger partial charge on any atom is 0.265 e. The van der Waals surface area contributed by atoms with E-state index < -0.39 is 6.10 Å². The van der Waals surface area contributed by atoms with Crippen LogP contribution >= 0.6 is 11.6 Å². The highest BCUT2D eigenvalue weighted by molar-refractivity contribution is 6.32. The van der Waals surface area contributed by atoms with Crippen LogP contribution in [-0.4, -0.2) is 49.1 Å². The summed E-state index contributed by atoms with van der Waals surface area (Å²) in [5.41, 5.74) is 1.06. The average molecular weight is 389 g/mol. The van der Waals surface area contributed by atoms with Gasteiger partial charge in [-0.05, 0) is 37.3 Å². The third-order valence-electron chi connectivity index (χ3n) is 4.18. The van der Waals surface area contributed by atoms with Gasteiger partial charge < -0.3 is 19.7 Å². The molecular weight excluding hydrogens is 368 g/mol. The van der Waals surface area contributed by atoms with Crippen molar-refractivity contribution in [1.29, 1.82) is 0 Å². The van der Waals surface area contributed by atoms with Gasteiger partial charge in [0.05, 0.1) is 18.2 Å². The second kappa shape index (κ2) is 8.88. The lowest BCUT2D eigenvalue weighted by atomic mass is 10.1. The molecule has 2 aromatic carbocycles. The van der Waals surface area contributed by atoms with Crippen molar-refractivity contribution in [1.82, 2.24) is 4.90 Å². The van der Waals surface area contributed by atoms with Crippen LogP contribution in [0.4, 0.5) is 5.69 Å². The van der Waals surface area contributed by atoms with E-state index in [1.807, 2.05) is 0 Å². The average Bonchev–Trinajstić information content (AvgIpc) is 2.70. The number of carbonyl (C=O) groups is 2. The maximum absolute atomic E-state index is 12.6. The van der Waals surface area contributed by atoms with Gasteiger partial charge in [-0.2, -0.15) is 0 Å². The predicted octanol–water partition coefficient (Wildman–Crippen LogP) is 3.22. The summed E-state index contributed by atoms with van der Waals surface area (Å²) < 4.78 is 10.9. The molecule has 3 rings (SSSR count). The number of nitrogens with one attached hydrogen (secondary N) is 1. The maximum atomic E-state index is 12.6. The molecule has 1 saturated heterocycles. The van der Waals surface area contributed by atoms with Gasteiger partial charge in [0, 0.05) is 24.3 Å². The van der Waals surface area contributed by atoms with E-state index in [0.29, 0.717) is 48.3 Å². The van der Waals surface area contributed by atoms with Crippen molar-refractivity contribution in [2.75, 3.05) is 31.6 Å². The normalized spacial score (nSPS) is 15.1. The molecule has 0 aromatic heterocycles. The van der Waals surface area contributed by atoms with Gasteiger partial charge in [0.25, 0.3) is 11.8 Å². The minimum absolute atomic E-state index is 0.0743. The molecule has 0 saturated carbocycles. The van der Waals surface area contributed by atoms with Gasteiger partial charge in [0.15, 0.2) is 6.10 Å². The zero-order valence-corrected chi connectivity index (χ0v) is 15.7. The van der Waals surface area contributed by atoms with Crippen LogP contribution in [0.2, 0.25) is 5.02 Å². The highest BCUT2D eigenvalue weighted by atomic mass is 35.5. The van der Waals surface area contributed by atoms with Crippen LogP contribution in [0.3, 0.4) is 0 Å². The number of morpholine rings is 1. The first-order valence-corrected chi connectivity index (χ1v) is 9.11. The Balaban J connectivity index is 1.64. The Labute approximate surface area is 163 Å². The van der Waals surface area contributed by atoms with Crippen LogP contribution in [0.25, 0.3) is 0 Å². The number of halogens is 1. The fourth-order valence-corrected chi connectivity index (χ4v) is 2.89. The molecule has 142 valence electrons. The zero-order chi connectivity index (χ0) is 19.2. The molecule has 1 aliphatic rings. The molecule has 0 unspecified atom stereocenters. The van der Waals surface area contributed by atoms with Crippen molar-refractivity contribution in [3.05, 3.63) is 59.1 Å². The molecule has 0 spiro atoms. The predicted molar refractivity (Wildman–Crippen MR) is 103 cm³/mol. The minimum atomic E-state index is -0.747. The SMILES string of the molecule is C[C@@H](Oc1ccccc1Cl)C(=O)Nc1cccc(C(=O)N2CCOCC2)c1. The molecule has 0 bridgehead atoms. The molecule has 1 fully saturated rings. The smallest absolute Gasteiger partial charge is 0.265 e. The van der Waals surface area contributed by atoms with Gasteiger partial charge in [-0.3, -0.25) is 9.59 Å². The number of carbonyl (C=O) groups excluding carboxylic acids is 2. The summed E-state index contributed by atoms with van der Waals surface area (Å²) >= 11 is 6.05. The Kier molecular flexibility index (Phi) is 6.32. The van der Waals surface area contributed by atoms with Crippen molar-refractivity contribution < 1.29 is 19.1 Å². The quantitative estimate of drug-likeness (QED) is 0.854. The molecule has 1 atom stereocenters. The van der Waals surface area contributed by atoms with Gasteiger partial charge in [-0.25, -0.2) is 0 Å². The first kappa shape index (κ1) is 19.2. The highest BCUT2D eigenvalue weighted by Crippen LogP contribution is 2.24. The van der Waals surface area contributed by atoms with Crippen molar-refractivity contribution in [2.24, 2.45) is 0 Å². The Morgan fingerprint density at radius 3 is 2.63 bits per heavy atom. The first-order chi connectivity index (χ1) is 13.0. The Bertz CT molecular complexity index is 821. The molecule has 7 heteroatoms. The molecule has 1 aliphatic heterocycles. The van der Waals surface area contributed by atoms with E-state index >= 15 is 0 Å². The summed E-state index contributed by atoms with van der Waals surface area (Å²) in [5.74, 6) is 0.0405. The molecule has 1 N–H and O–H groups in total. The van der Waals surface area contributed by atoms with Crippen LogP contribution in [0, 0.1) is 0 Å². The van der Waals surface area contributed by atoms with Crippen molar-refractivity contribution in [3.8, 4) is 5.75 Å². The molecule has 0 aliphatic carbocycles. The lowest BCUT2D eigenvalue weighted by Crippen LogP contribution is -2.40. The molecule has 1 heterocycles. The lowest BCUT2D eigenvalue weighted by molar-refractivity contribution is -0.122. The number of ether oxygens (including phenoxy) is 2. The minimum Gasteiger partial charge on any atom is -0.479 e. The molecular formula is C20H21ClN2O4. The number of amides is 2. The summed E-state index contributed by atoms with van der Waals surface area (Å²) in [6, 6.07) is 13.8. The van der Waals surface area contributed by atoms with Crippen molar-refractivity contribution >= 4 is 29.1 Å². The molecule has 0 radical (unpaired) electrons. The fourth-order valence-electron chi connectivity index (χ4n) is 2.71. The number of rotatable bonds is 5. The summed E-state index contributed by atoms with van der Waals surface area (Å²) in [5, 5.41) is 3.22. The second-order valence-electron chi connectivity index (χ2n) is 6.17. The van der Waals surface area contributed by atoms with Gasteiger partial charge >= 0.3 is 0 Å². The van der Waals surface area contributed by atoms with E-state index in [-0.39, 0.29) is 11.8 Å². The first-order valence-electron chi connectivity index (χ1n) is 8.74. The molecule has 27 heavy (non-hydrogen) atoms. The summed E-state index contributed by atoms with van der Waals surface area (Å²) in [6.45, 7) is 3.86. The number of nitrogens with zero attached hydrogens (tertiary/aromatic N) is 1. The van der Waals surface area contributed by atoms with Crippen LogP contribution in [0.1, 0.15) is 17.3 Å². The number of anilines is 1. The van der Waals surface area contributed by atoms with Crippen LogP contribution < -0.4 is 10.1 Å². The topological polar surface area (TPSA) is 67.9 Å². The van der Waals surface area contributed by atoms with Gasteiger partial charge in [-0.15, -0.1) is 0 Å². The summed E-state index contributed by atoms with van der Waals surface area (Å²) in [6.07, 6.45) is -0.747. The third kappa shape index (κ3) is 4.99. The molecule has 2 aromatic rings. The Morgan fingerprint density at radius 1 is 1.15 bits per heavy atom. The summed E-state index contributed by atoms with van der Waals surface area (Å²) in [4.78, 5) is 26.7. The number of hydrogen-bond acceptors (Lipinski definition) is 4. The van der Waals surface area contributed by atoms with Crippen molar-refractivity contribution in [2.45, 2.75) is 13.0 Å². The lowest BCUT2D eigenvalue weighted by Gasteiger charge is -2.27. The van der Waals surface area contributed by atoms with E-state index in [1.165, 1.54) is 0 Å². The van der Waals surface area contributed by atoms with Crippen LogP contribution in [0.15, 0.2) is 48.5 Å². The van der Waals surface area contributed by atoms with E-state index in [9.17, 15) is 9.59 Å². The standard InChI is InChI=1S/C20H21ClN2O4/c1-14(27-18-8-3-2-7-17(18)21)19(24)22-16-6-4-5-15(13-16)20(25)23-9-11-26-12-10-23/h2-8,13-14H,9-12H2,1H3,(H,22,24)/t14-/m1/s1. The third-order valence-corrected chi connectivity index (χ3v) is 4.50. The summed E-state index contributed by atoms with van der Waals surface area (Å²) in [7, 11) is 0. The van der Waals surface area contributed by atoms with Gasteiger partial charge in [0.2, 0.25) is 0 Å². The van der Waals surface area contributed by atoms with E-state index in [4.69, 9.17) is 21.1 Å². The monoisotopic (exact) mass is 388 g/mol. The second-order valence-corrected chi connectivity index (χ2v) is 6.57. The van der Waals surface area contributed by atoms with Crippen LogP contribution in [0.5, 0.6) is 5.75 Å². The van der Waals surface area contributed by atoms with Crippen molar-refractivity contribution in [3.63, 3.8) is 0 Å². The largest absolute Gasteiger partial charge is 0.479 e. The zero-order valence-electron chi connectivity index (χ0n) is 15.0. The molecule has 2 amide bonds. The number of benzene rings is 2. The van der Waals surface area contributed by atoms with Gasteiger partial charge in [0.1, 0.15) is 5.75 Å². The fraction of sp³-hybridized carbons (Fsp3) is 0.300. The molecule has 6 nitrogen and oxygen atoms in total. The van der Waals surface area contributed by atoms with Gasteiger partial charge in [-0.1, -0.05) is 29.8 Å². The van der Waals surface area contributed by atoms with E-state index in [0.717, 1.165) is 0 Å².